The predicted molar refractivity (Wildman–Crippen MR) is 150 cm³/mol. The van der Waals surface area contributed by atoms with Crippen LogP contribution in [0.5, 0.6) is 5.88 Å². The summed E-state index contributed by atoms with van der Waals surface area (Å²) < 4.78 is 5.29. The average molecular weight is 522 g/mol. The summed E-state index contributed by atoms with van der Waals surface area (Å²) in [6, 6.07) is 29.7. The van der Waals surface area contributed by atoms with Crippen molar-refractivity contribution in [2.75, 3.05) is 12.4 Å². The molecular weight excluding hydrogens is 502 g/mol. The van der Waals surface area contributed by atoms with Gasteiger partial charge < -0.3 is 10.1 Å². The third kappa shape index (κ3) is 4.79. The fourth-order valence-corrected chi connectivity index (χ4v) is 5.09. The van der Waals surface area contributed by atoms with Gasteiger partial charge in [0.05, 0.1) is 12.6 Å². The van der Waals surface area contributed by atoms with Gasteiger partial charge in [0, 0.05) is 49.1 Å². The first-order valence-corrected chi connectivity index (χ1v) is 12.7. The van der Waals surface area contributed by atoms with E-state index in [1.54, 1.807) is 25.1 Å². The zero-order chi connectivity index (χ0) is 25.2. The summed E-state index contributed by atoms with van der Waals surface area (Å²) in [4.78, 5) is 11.1. The molecule has 0 radical (unpaired) electrons. The predicted octanol–water partition coefficient (Wildman–Crippen LogP) is 7.80. The highest BCUT2D eigenvalue weighted by molar-refractivity contribution is 7.99. The van der Waals surface area contributed by atoms with E-state index in [4.69, 9.17) is 16.3 Å². The molecule has 0 aliphatic heterocycles. The second-order valence-electron chi connectivity index (χ2n) is 8.23. The van der Waals surface area contributed by atoms with Crippen LogP contribution in [0.15, 0.2) is 107 Å². The molecule has 0 bridgehead atoms. The number of pyridine rings is 2. The molecule has 3 aromatic carbocycles. The lowest BCUT2D eigenvalue weighted by Gasteiger charge is -2.12. The van der Waals surface area contributed by atoms with Gasteiger partial charge in [-0.1, -0.05) is 59.8 Å². The van der Waals surface area contributed by atoms with Gasteiger partial charge in [-0.3, -0.25) is 4.98 Å². The Balaban J connectivity index is 1.27. The monoisotopic (exact) mass is 521 g/mol. The molecule has 1 N–H and O–H groups in total. The number of methoxy groups -OCH3 is 1. The number of hydrogen-bond donors (Lipinski definition) is 1. The maximum atomic E-state index is 6.07. The summed E-state index contributed by atoms with van der Waals surface area (Å²) in [5, 5.41) is 15.2. The van der Waals surface area contributed by atoms with Gasteiger partial charge in [-0.15, -0.1) is 10.2 Å². The molecule has 0 saturated heterocycles. The van der Waals surface area contributed by atoms with Crippen LogP contribution < -0.4 is 10.1 Å². The molecule has 0 aliphatic carbocycles. The van der Waals surface area contributed by atoms with Crippen molar-refractivity contribution in [3.05, 3.63) is 102 Å². The van der Waals surface area contributed by atoms with Crippen molar-refractivity contribution in [3.63, 3.8) is 0 Å². The number of aromatic nitrogens is 4. The Labute approximate surface area is 222 Å². The van der Waals surface area contributed by atoms with Gasteiger partial charge in [0.15, 0.2) is 5.82 Å². The zero-order valence-electron chi connectivity index (χ0n) is 19.7. The van der Waals surface area contributed by atoms with Crippen LogP contribution in [0.2, 0.25) is 5.02 Å². The molecule has 8 heteroatoms. The normalized spacial score (nSPS) is 11.1. The van der Waals surface area contributed by atoms with E-state index in [1.165, 1.54) is 0 Å². The first kappa shape index (κ1) is 23.2. The van der Waals surface area contributed by atoms with Crippen molar-refractivity contribution >= 4 is 56.7 Å². The number of benzene rings is 3. The average Bonchev–Trinajstić information content (AvgIpc) is 2.95. The molecule has 3 heterocycles. The molecule has 0 fully saturated rings. The van der Waals surface area contributed by atoms with E-state index >= 15 is 0 Å². The Morgan fingerprint density at radius 2 is 1.59 bits per heavy atom. The summed E-state index contributed by atoms with van der Waals surface area (Å²) in [5.74, 6) is 1.27. The van der Waals surface area contributed by atoms with Gasteiger partial charge in [0.1, 0.15) is 11.2 Å². The van der Waals surface area contributed by atoms with Crippen LogP contribution in [-0.2, 0) is 0 Å². The van der Waals surface area contributed by atoms with Crippen LogP contribution >= 0.6 is 23.4 Å². The second-order valence-corrected chi connectivity index (χ2v) is 9.78. The minimum absolute atomic E-state index is 0.567. The molecule has 6 aromatic rings. The van der Waals surface area contributed by atoms with Gasteiger partial charge in [-0.2, -0.15) is 0 Å². The molecule has 6 nitrogen and oxygen atoms in total. The van der Waals surface area contributed by atoms with Gasteiger partial charge in [-0.25, -0.2) is 4.98 Å². The van der Waals surface area contributed by atoms with Gasteiger partial charge >= 0.3 is 0 Å². The summed E-state index contributed by atoms with van der Waals surface area (Å²) in [7, 11) is 1.61. The largest absolute Gasteiger partial charge is 0.481 e. The number of halogens is 1. The first-order valence-electron chi connectivity index (χ1n) is 11.5. The lowest BCUT2D eigenvalue weighted by Crippen LogP contribution is -1.99. The molecule has 6 rings (SSSR count). The number of ether oxygens (including phenoxy) is 1. The lowest BCUT2D eigenvalue weighted by molar-refractivity contribution is 0.399. The maximum absolute atomic E-state index is 6.07. The second kappa shape index (κ2) is 10.0. The van der Waals surface area contributed by atoms with Gasteiger partial charge in [-0.05, 0) is 48.5 Å². The third-order valence-electron chi connectivity index (χ3n) is 5.88. The van der Waals surface area contributed by atoms with E-state index in [0.29, 0.717) is 16.7 Å². The van der Waals surface area contributed by atoms with Crippen LogP contribution in [0.4, 0.5) is 11.5 Å². The summed E-state index contributed by atoms with van der Waals surface area (Å²) in [5.41, 5.74) is 4.35. The number of anilines is 2. The minimum atomic E-state index is 0.567. The third-order valence-corrected chi connectivity index (χ3v) is 7.19. The maximum Gasteiger partial charge on any atom is 0.213 e. The number of rotatable bonds is 6. The van der Waals surface area contributed by atoms with E-state index in [9.17, 15) is 0 Å². The topological polar surface area (TPSA) is 72.8 Å². The Kier molecular flexibility index (Phi) is 6.30. The van der Waals surface area contributed by atoms with E-state index in [0.717, 1.165) is 48.5 Å². The van der Waals surface area contributed by atoms with Crippen molar-refractivity contribution in [3.8, 4) is 17.1 Å². The first-order chi connectivity index (χ1) is 18.2. The van der Waals surface area contributed by atoms with E-state index in [2.05, 4.69) is 43.7 Å². The van der Waals surface area contributed by atoms with Gasteiger partial charge in [0.2, 0.25) is 5.88 Å². The highest BCUT2D eigenvalue weighted by Gasteiger charge is 2.12. The van der Waals surface area contributed by atoms with E-state index < -0.39 is 0 Å². The fraction of sp³-hybridized carbons (Fsp3) is 0.0345. The molecule has 0 aliphatic rings. The van der Waals surface area contributed by atoms with Crippen molar-refractivity contribution < 1.29 is 4.74 Å². The number of nitrogens with one attached hydrogen (secondary N) is 1. The standard InChI is InChI=1S/C29H20ClN5OS/c1-36-26-15-14-24-28(33-26)25(16-17-31-24)37-21-12-10-20(11-13-21)32-29-23-5-3-2-4-22(23)27(34-35-29)18-6-8-19(30)9-7-18/h2-17H,1H3,(H,32,35). The number of nitrogens with zero attached hydrogens (tertiary/aromatic N) is 4. The highest BCUT2D eigenvalue weighted by atomic mass is 35.5. The Morgan fingerprint density at radius 1 is 0.811 bits per heavy atom. The van der Waals surface area contributed by atoms with Crippen molar-refractivity contribution in [1.29, 1.82) is 0 Å². The molecule has 0 atom stereocenters. The summed E-state index contributed by atoms with van der Waals surface area (Å²) in [6.45, 7) is 0. The molecular formula is C29H20ClN5OS. The lowest BCUT2D eigenvalue weighted by atomic mass is 10.0. The fourth-order valence-electron chi connectivity index (χ4n) is 4.07. The Morgan fingerprint density at radius 3 is 2.38 bits per heavy atom. The van der Waals surface area contributed by atoms with Crippen LogP contribution in [0.25, 0.3) is 33.1 Å². The summed E-state index contributed by atoms with van der Waals surface area (Å²) >= 11 is 7.70. The molecule has 180 valence electrons. The number of hydrogen-bond acceptors (Lipinski definition) is 7. The highest BCUT2D eigenvalue weighted by Crippen LogP contribution is 2.35. The van der Waals surface area contributed by atoms with E-state index in [1.807, 2.05) is 72.8 Å². The van der Waals surface area contributed by atoms with Crippen LogP contribution in [0, 0.1) is 0 Å². The van der Waals surface area contributed by atoms with Gasteiger partial charge in [0.25, 0.3) is 0 Å². The molecule has 0 saturated carbocycles. The molecule has 0 amide bonds. The molecule has 0 unspecified atom stereocenters. The SMILES string of the molecule is COc1ccc2nccc(Sc3ccc(Nc4nnc(-c5ccc(Cl)cc5)c5ccccc45)cc3)c2n1. The number of fused-ring (bicyclic) bond motifs is 2. The minimum Gasteiger partial charge on any atom is -0.481 e. The smallest absolute Gasteiger partial charge is 0.213 e. The molecule has 3 aromatic heterocycles. The van der Waals surface area contributed by atoms with Crippen LogP contribution in [-0.4, -0.2) is 27.3 Å². The van der Waals surface area contributed by atoms with Crippen molar-refractivity contribution in [2.45, 2.75) is 9.79 Å². The zero-order valence-corrected chi connectivity index (χ0v) is 21.3. The van der Waals surface area contributed by atoms with E-state index in [-0.39, 0.29) is 0 Å². The molecule has 0 spiro atoms. The quantitative estimate of drug-likeness (QED) is 0.239. The van der Waals surface area contributed by atoms with Crippen molar-refractivity contribution in [1.82, 2.24) is 20.2 Å². The van der Waals surface area contributed by atoms with Crippen LogP contribution in [0.1, 0.15) is 0 Å². The Bertz CT molecular complexity index is 1730. The van der Waals surface area contributed by atoms with Crippen LogP contribution in [0.3, 0.4) is 0 Å². The van der Waals surface area contributed by atoms with Crippen molar-refractivity contribution in [2.24, 2.45) is 0 Å². The molecule has 37 heavy (non-hydrogen) atoms. The summed E-state index contributed by atoms with van der Waals surface area (Å²) in [6.07, 6.45) is 1.80. The Hall–Kier alpha value is -4.20.